The molecule has 0 spiro atoms. The Morgan fingerprint density at radius 2 is 2.12 bits per heavy atom. The van der Waals surface area contributed by atoms with E-state index in [-0.39, 0.29) is 5.92 Å². The van der Waals surface area contributed by atoms with Crippen LogP contribution in [0.4, 0.5) is 0 Å². The minimum Gasteiger partial charge on any atom is -0.480 e. The van der Waals surface area contributed by atoms with E-state index in [1.165, 1.54) is 17.5 Å². The van der Waals surface area contributed by atoms with Crippen molar-refractivity contribution < 1.29 is 19.4 Å². The minimum absolute atomic E-state index is 0.207. The molecule has 0 saturated carbocycles. The van der Waals surface area contributed by atoms with Gasteiger partial charge in [0.25, 0.3) is 5.91 Å². The van der Waals surface area contributed by atoms with Crippen LogP contribution in [0.25, 0.3) is 10.6 Å². The molecule has 7 heteroatoms. The Labute approximate surface area is 143 Å². The normalized spacial score (nSPS) is 18.8. The lowest BCUT2D eigenvalue weighted by molar-refractivity contribution is -0.142. The van der Waals surface area contributed by atoms with E-state index in [4.69, 9.17) is 4.74 Å². The molecule has 126 valence electrons. The highest BCUT2D eigenvalue weighted by atomic mass is 32.1. The summed E-state index contributed by atoms with van der Waals surface area (Å²) < 4.78 is 5.34. The van der Waals surface area contributed by atoms with Gasteiger partial charge < -0.3 is 15.2 Å². The Morgan fingerprint density at radius 1 is 1.33 bits per heavy atom. The molecule has 2 atom stereocenters. The predicted octanol–water partition coefficient (Wildman–Crippen LogP) is 2.42. The molecule has 6 nitrogen and oxygen atoms in total. The second-order valence-electron chi connectivity index (χ2n) is 5.66. The number of rotatable bonds is 5. The molecule has 1 amide bonds. The molecule has 0 aliphatic carbocycles. The Bertz CT molecular complexity index is 710. The van der Waals surface area contributed by atoms with E-state index in [0.717, 1.165) is 23.4 Å². The first kappa shape index (κ1) is 16.6. The lowest BCUT2D eigenvalue weighted by Crippen LogP contribution is -2.48. The number of carbonyl (C=O) groups is 2. The van der Waals surface area contributed by atoms with Gasteiger partial charge in [0.15, 0.2) is 0 Å². The monoisotopic (exact) mass is 346 g/mol. The van der Waals surface area contributed by atoms with E-state index < -0.39 is 17.9 Å². The van der Waals surface area contributed by atoms with Gasteiger partial charge >= 0.3 is 5.97 Å². The Balaban J connectivity index is 1.71. The third kappa shape index (κ3) is 3.80. The van der Waals surface area contributed by atoms with Gasteiger partial charge in [0.1, 0.15) is 15.9 Å². The minimum atomic E-state index is -1.04. The van der Waals surface area contributed by atoms with Crippen molar-refractivity contribution in [1.29, 1.82) is 0 Å². The van der Waals surface area contributed by atoms with Crippen LogP contribution < -0.4 is 5.32 Å². The number of ether oxygens (including phenoxy) is 1. The number of hydrogen-bond acceptors (Lipinski definition) is 5. The number of amides is 1. The van der Waals surface area contributed by atoms with Crippen molar-refractivity contribution in [1.82, 2.24) is 10.3 Å². The van der Waals surface area contributed by atoms with Crippen LogP contribution in [0.5, 0.6) is 0 Å². The number of nitrogens with one attached hydrogen (secondary N) is 1. The van der Waals surface area contributed by atoms with Crippen molar-refractivity contribution in [3.63, 3.8) is 0 Å². The number of hydrogen-bond donors (Lipinski definition) is 2. The Kier molecular flexibility index (Phi) is 5.22. The molecule has 1 aliphatic rings. The third-order valence-corrected chi connectivity index (χ3v) is 5.01. The SMILES string of the molecule is O=C(N[C@@H](C(=O)O)[C@H]1CCCOC1)c1cnc(-c2ccccc2)s1. The van der Waals surface area contributed by atoms with Gasteiger partial charge in [-0.3, -0.25) is 4.79 Å². The molecule has 1 aromatic carbocycles. The molecule has 1 fully saturated rings. The number of benzene rings is 1. The van der Waals surface area contributed by atoms with Crippen molar-refractivity contribution in [2.75, 3.05) is 13.2 Å². The van der Waals surface area contributed by atoms with E-state index in [2.05, 4.69) is 10.3 Å². The van der Waals surface area contributed by atoms with E-state index in [1.54, 1.807) is 0 Å². The van der Waals surface area contributed by atoms with Gasteiger partial charge in [0.05, 0.1) is 12.8 Å². The van der Waals surface area contributed by atoms with Crippen LogP contribution in [-0.4, -0.2) is 41.2 Å². The van der Waals surface area contributed by atoms with Crippen molar-refractivity contribution in [3.8, 4) is 10.6 Å². The van der Waals surface area contributed by atoms with Gasteiger partial charge in [-0.15, -0.1) is 11.3 Å². The van der Waals surface area contributed by atoms with E-state index >= 15 is 0 Å². The van der Waals surface area contributed by atoms with Crippen molar-refractivity contribution in [2.45, 2.75) is 18.9 Å². The smallest absolute Gasteiger partial charge is 0.326 e. The Hall–Kier alpha value is -2.25. The van der Waals surface area contributed by atoms with Gasteiger partial charge in [-0.05, 0) is 12.8 Å². The number of carboxylic acid groups (broad SMARTS) is 1. The van der Waals surface area contributed by atoms with Crippen LogP contribution in [-0.2, 0) is 9.53 Å². The number of carbonyl (C=O) groups excluding carboxylic acids is 1. The zero-order chi connectivity index (χ0) is 16.9. The van der Waals surface area contributed by atoms with Crippen molar-refractivity contribution >= 4 is 23.2 Å². The van der Waals surface area contributed by atoms with E-state index in [0.29, 0.717) is 18.1 Å². The fourth-order valence-electron chi connectivity index (χ4n) is 2.72. The van der Waals surface area contributed by atoms with Gasteiger partial charge in [0.2, 0.25) is 0 Å². The Morgan fingerprint density at radius 3 is 2.79 bits per heavy atom. The highest BCUT2D eigenvalue weighted by Crippen LogP contribution is 2.25. The quantitative estimate of drug-likeness (QED) is 0.868. The van der Waals surface area contributed by atoms with Gasteiger partial charge in [0, 0.05) is 18.1 Å². The summed E-state index contributed by atoms with van der Waals surface area (Å²) in [5.74, 6) is -1.65. The maximum absolute atomic E-state index is 12.4. The molecule has 24 heavy (non-hydrogen) atoms. The number of aliphatic carboxylic acids is 1. The van der Waals surface area contributed by atoms with Crippen LogP contribution in [0.3, 0.4) is 0 Å². The lowest BCUT2D eigenvalue weighted by Gasteiger charge is -2.27. The second kappa shape index (κ2) is 7.55. The van der Waals surface area contributed by atoms with E-state index in [9.17, 15) is 14.7 Å². The van der Waals surface area contributed by atoms with Crippen LogP contribution in [0.1, 0.15) is 22.5 Å². The number of aromatic nitrogens is 1. The molecule has 1 aliphatic heterocycles. The molecule has 2 heterocycles. The lowest BCUT2D eigenvalue weighted by atomic mass is 9.93. The maximum atomic E-state index is 12.4. The highest BCUT2D eigenvalue weighted by Gasteiger charge is 2.32. The van der Waals surface area contributed by atoms with Crippen LogP contribution in [0, 0.1) is 5.92 Å². The van der Waals surface area contributed by atoms with Gasteiger partial charge in [-0.2, -0.15) is 0 Å². The molecule has 3 rings (SSSR count). The number of carboxylic acids is 1. The molecule has 1 saturated heterocycles. The van der Waals surface area contributed by atoms with Crippen LogP contribution in [0.2, 0.25) is 0 Å². The molecular formula is C17H18N2O4S. The summed E-state index contributed by atoms with van der Waals surface area (Å²) in [5.41, 5.74) is 0.928. The largest absolute Gasteiger partial charge is 0.480 e. The number of nitrogens with zero attached hydrogens (tertiary/aromatic N) is 1. The summed E-state index contributed by atoms with van der Waals surface area (Å²) >= 11 is 1.25. The summed E-state index contributed by atoms with van der Waals surface area (Å²) in [4.78, 5) is 28.6. The first-order valence-corrected chi connectivity index (χ1v) is 8.59. The summed E-state index contributed by atoms with van der Waals surface area (Å²) in [6.07, 6.45) is 3.02. The molecule has 0 radical (unpaired) electrons. The molecule has 0 bridgehead atoms. The topological polar surface area (TPSA) is 88.5 Å². The van der Waals surface area contributed by atoms with Crippen molar-refractivity contribution in [3.05, 3.63) is 41.4 Å². The predicted molar refractivity (Wildman–Crippen MR) is 90.0 cm³/mol. The first-order chi connectivity index (χ1) is 11.6. The standard InChI is InChI=1S/C17H18N2O4S/c20-15(19-14(17(21)22)12-7-4-8-23-10-12)13-9-18-16(24-13)11-5-2-1-3-6-11/h1-3,5-6,9,12,14H,4,7-8,10H2,(H,19,20)(H,21,22)/t12-,14+/m0/s1. The summed E-state index contributed by atoms with van der Waals surface area (Å²) in [6.45, 7) is 1.00. The molecule has 2 aromatic rings. The molecule has 1 aromatic heterocycles. The van der Waals surface area contributed by atoms with Gasteiger partial charge in [-0.25, -0.2) is 9.78 Å². The number of thiazole rings is 1. The van der Waals surface area contributed by atoms with Crippen LogP contribution >= 0.6 is 11.3 Å². The zero-order valence-electron chi connectivity index (χ0n) is 13.0. The fraction of sp³-hybridized carbons (Fsp3) is 0.353. The first-order valence-electron chi connectivity index (χ1n) is 7.78. The zero-order valence-corrected chi connectivity index (χ0v) is 13.8. The third-order valence-electron chi connectivity index (χ3n) is 3.97. The average Bonchev–Trinajstić information content (AvgIpc) is 3.11. The van der Waals surface area contributed by atoms with Crippen LogP contribution in [0.15, 0.2) is 36.5 Å². The summed E-state index contributed by atoms with van der Waals surface area (Å²) in [7, 11) is 0. The summed E-state index contributed by atoms with van der Waals surface area (Å²) in [6, 6.07) is 8.61. The highest BCUT2D eigenvalue weighted by molar-refractivity contribution is 7.16. The fourth-order valence-corrected chi connectivity index (χ4v) is 3.54. The second-order valence-corrected chi connectivity index (χ2v) is 6.69. The summed E-state index contributed by atoms with van der Waals surface area (Å²) in [5, 5.41) is 12.8. The molecular weight excluding hydrogens is 328 g/mol. The van der Waals surface area contributed by atoms with Gasteiger partial charge in [-0.1, -0.05) is 30.3 Å². The average molecular weight is 346 g/mol. The molecule has 0 unspecified atom stereocenters. The molecule has 2 N–H and O–H groups in total. The van der Waals surface area contributed by atoms with E-state index in [1.807, 2.05) is 30.3 Å². The maximum Gasteiger partial charge on any atom is 0.326 e. The van der Waals surface area contributed by atoms with Crippen molar-refractivity contribution in [2.24, 2.45) is 5.92 Å².